The smallest absolute Gasteiger partial charge is 0.424 e. The molecule has 2 aromatic carbocycles. The summed E-state index contributed by atoms with van der Waals surface area (Å²) < 4.78 is 32.7. The first-order valence-corrected chi connectivity index (χ1v) is 21.2. The van der Waals surface area contributed by atoms with Crippen LogP contribution in [-0.2, 0) is 36.2 Å². The highest BCUT2D eigenvalue weighted by molar-refractivity contribution is 9.13. The largest absolute Gasteiger partial charge is 0.846 e. The van der Waals surface area contributed by atoms with Gasteiger partial charge in [-0.2, -0.15) is 0 Å². The monoisotopic (exact) mass is 929 g/mol. The second-order valence-electron chi connectivity index (χ2n) is 15.6. The van der Waals surface area contributed by atoms with Gasteiger partial charge in [0, 0.05) is 73.6 Å². The van der Waals surface area contributed by atoms with E-state index in [0.29, 0.717) is 22.1 Å². The molecule has 2 aromatic heterocycles. The molecule has 2 saturated heterocycles. The number of nitrogens with one attached hydrogen (secondary N) is 2. The van der Waals surface area contributed by atoms with Crippen molar-refractivity contribution in [2.45, 2.75) is 71.5 Å². The van der Waals surface area contributed by atoms with Crippen molar-refractivity contribution in [3.05, 3.63) is 124 Å². The van der Waals surface area contributed by atoms with Gasteiger partial charge in [-0.15, -0.1) is 11.3 Å². The van der Waals surface area contributed by atoms with Gasteiger partial charge in [0.1, 0.15) is 5.92 Å². The molecule has 0 saturated carbocycles. The summed E-state index contributed by atoms with van der Waals surface area (Å²) in [6.45, 7) is 9.74. The molecular weight excluding hydrogens is 894 g/mol. The molecule has 6 heterocycles. The molecule has 0 bridgehead atoms. The number of nitrogens with zero attached hydrogens (tertiary/aromatic N) is 2. The van der Waals surface area contributed by atoms with E-state index in [1.165, 1.54) is 0 Å². The maximum absolute atomic E-state index is 15.8. The van der Waals surface area contributed by atoms with E-state index in [9.17, 15) is 24.3 Å². The number of thiophene rings is 1. The number of aryl methyl sites for hydroxylation is 3. The Morgan fingerprint density at radius 2 is 1.78 bits per heavy atom. The van der Waals surface area contributed by atoms with Gasteiger partial charge in [0.15, 0.2) is 11.4 Å². The van der Waals surface area contributed by atoms with Gasteiger partial charge in [-0.05, 0) is 119 Å². The lowest BCUT2D eigenvalue weighted by Gasteiger charge is -2.31. The van der Waals surface area contributed by atoms with Gasteiger partial charge >= 0.3 is 13.2 Å². The lowest BCUT2D eigenvalue weighted by molar-refractivity contribution is -0.337. The maximum atomic E-state index is 15.8. The fourth-order valence-electron chi connectivity index (χ4n) is 9.49. The maximum Gasteiger partial charge on any atom is 0.846 e. The van der Waals surface area contributed by atoms with Crippen molar-refractivity contribution < 1.29 is 42.6 Å². The molecule has 5 aliphatic rings. The van der Waals surface area contributed by atoms with Crippen LogP contribution in [0, 0.1) is 32.6 Å². The molecule has 1 unspecified atom stereocenters. The molecule has 5 atom stereocenters. The van der Waals surface area contributed by atoms with Crippen molar-refractivity contribution in [1.29, 1.82) is 0 Å². The molecule has 3 N–H and O–H groups in total. The number of hydrogen-bond acceptors (Lipinski definition) is 8. The van der Waals surface area contributed by atoms with Gasteiger partial charge in [0.25, 0.3) is 5.79 Å². The number of Topliss-reactive ketones (excluding diaryl/α,β-unsaturated/α-hetero) is 1. The zero-order valence-electron chi connectivity index (χ0n) is 32.0. The standard InChI is InChI=1S/C42H36BBr2FN4O7S/c1-19-14-21(3)49-34(19)27(35-20(2)15-22(4)50(35)43(49)46)11-13-31(51)47-18-24-6-9-26(10-7-24)48-39(53)32-33-40(54)57-42(55)38-28(16-23(5)58-38)37(52)41(33,42)56-36(32)25-8-12-29(44)30(45)17-25/h6-10,12,14-17,32-33,36,55H,11,13,18H2,1-5H3,(H-,47,48,51,53)/p+1/t32-,33-,36-,41+,42?/m0/s1. The van der Waals surface area contributed by atoms with Gasteiger partial charge < -0.3 is 25.2 Å². The quantitative estimate of drug-likeness (QED) is 0.124. The number of halogens is 3. The van der Waals surface area contributed by atoms with E-state index in [4.69, 9.17) is 9.47 Å². The Morgan fingerprint density at radius 1 is 1.03 bits per heavy atom. The molecule has 1 aliphatic carbocycles. The number of aromatic nitrogens is 1. The molecule has 58 heavy (non-hydrogen) atoms. The molecular formula is C42H37BBr2FN4O7S+. The van der Waals surface area contributed by atoms with Crippen molar-refractivity contribution >= 4 is 91.0 Å². The number of ether oxygens (including phenoxy) is 2. The van der Waals surface area contributed by atoms with E-state index in [1.807, 2.05) is 39.8 Å². The van der Waals surface area contributed by atoms with Crippen LogP contribution in [0.1, 0.15) is 81.0 Å². The van der Waals surface area contributed by atoms with Crippen LogP contribution < -0.4 is 10.6 Å². The second kappa shape index (κ2) is 13.8. The Bertz CT molecular complexity index is 2640. The average molecular weight is 931 g/mol. The Balaban J connectivity index is 0.911. The lowest BCUT2D eigenvalue weighted by Crippen LogP contribution is -2.53. The number of allylic oxidation sites excluding steroid dienone is 3. The summed E-state index contributed by atoms with van der Waals surface area (Å²) in [6, 6.07) is 15.8. The molecule has 16 heteroatoms. The summed E-state index contributed by atoms with van der Waals surface area (Å²) in [5.74, 6) is -7.33. The van der Waals surface area contributed by atoms with E-state index in [0.717, 1.165) is 65.8 Å². The normalized spacial score (nSPS) is 25.4. The van der Waals surface area contributed by atoms with E-state index < -0.39 is 54.2 Å². The highest BCUT2D eigenvalue weighted by atomic mass is 79.9. The molecule has 0 radical (unpaired) electrons. The first-order valence-electron chi connectivity index (χ1n) is 18.8. The Hall–Kier alpha value is -4.48. The van der Waals surface area contributed by atoms with Crippen LogP contribution in [0.5, 0.6) is 0 Å². The number of amides is 2. The van der Waals surface area contributed by atoms with Gasteiger partial charge in [-0.25, -0.2) is 8.80 Å². The van der Waals surface area contributed by atoms with Crippen molar-refractivity contribution in [2.75, 3.05) is 5.32 Å². The van der Waals surface area contributed by atoms with E-state index in [-0.39, 0.29) is 29.3 Å². The SMILES string of the molecule is CC1=CC(C)=[N+]2B(F)n3c(C)cc(C)c3C(CCC(=O)NCc3ccc(NC(=O)[C@H]4[C@H]5C(=O)OC6(O)c7sc(C)cc7C(=O)[C@]56O[C@H]4c4ccc(Br)c(Br)c4)cc3)=C12. The van der Waals surface area contributed by atoms with Crippen LogP contribution in [0.4, 0.5) is 10.0 Å². The van der Waals surface area contributed by atoms with E-state index in [1.54, 1.807) is 64.4 Å². The summed E-state index contributed by atoms with van der Waals surface area (Å²) >= 11 is 8.11. The Kier molecular flexibility index (Phi) is 9.28. The lowest BCUT2D eigenvalue weighted by atomic mass is 9.75. The number of carbonyl (C=O) groups is 4. The minimum absolute atomic E-state index is 0.164. The van der Waals surface area contributed by atoms with Crippen molar-refractivity contribution in [3.63, 3.8) is 0 Å². The highest BCUT2D eigenvalue weighted by Gasteiger charge is 2.83. The summed E-state index contributed by atoms with van der Waals surface area (Å²) in [7, 11) is -1.36. The number of esters is 1. The number of hydrogen-bond donors (Lipinski definition) is 3. The van der Waals surface area contributed by atoms with Gasteiger partial charge in [-0.1, -0.05) is 18.2 Å². The van der Waals surface area contributed by atoms with Gasteiger partial charge in [0.2, 0.25) is 23.2 Å². The Morgan fingerprint density at radius 3 is 2.50 bits per heavy atom. The van der Waals surface area contributed by atoms with Crippen LogP contribution in [0.25, 0.3) is 5.57 Å². The van der Waals surface area contributed by atoms with Crippen LogP contribution >= 0.6 is 43.2 Å². The number of rotatable bonds is 8. The number of benzene rings is 2. The predicted octanol–water partition coefficient (Wildman–Crippen LogP) is 7.34. The van der Waals surface area contributed by atoms with Gasteiger partial charge in [0.05, 0.1) is 16.9 Å². The van der Waals surface area contributed by atoms with E-state index in [2.05, 4.69) is 42.5 Å². The summed E-state index contributed by atoms with van der Waals surface area (Å²) in [4.78, 5) is 56.4. The third-order valence-corrected chi connectivity index (χ3v) is 14.9. The van der Waals surface area contributed by atoms with Crippen LogP contribution in [0.2, 0.25) is 0 Å². The minimum Gasteiger partial charge on any atom is -0.424 e. The fourth-order valence-corrected chi connectivity index (χ4v) is 11.2. The Labute approximate surface area is 354 Å². The van der Waals surface area contributed by atoms with Crippen molar-refractivity contribution in [2.24, 2.45) is 11.8 Å². The second-order valence-corrected chi connectivity index (χ2v) is 18.5. The van der Waals surface area contributed by atoms with Crippen LogP contribution in [0.15, 0.2) is 80.9 Å². The minimum atomic E-state index is -2.38. The summed E-state index contributed by atoms with van der Waals surface area (Å²) in [5, 5.41) is 17.9. The number of fused-ring (bicyclic) bond motifs is 4. The fraction of sp³-hybridized carbons (Fsp3) is 0.310. The number of carbonyl (C=O) groups excluding carboxylic acids is 4. The number of anilines is 1. The van der Waals surface area contributed by atoms with Crippen molar-refractivity contribution in [3.8, 4) is 0 Å². The van der Waals surface area contributed by atoms with Crippen LogP contribution in [-0.4, -0.2) is 56.2 Å². The molecule has 1 spiro atoms. The zero-order valence-corrected chi connectivity index (χ0v) is 36.0. The highest BCUT2D eigenvalue weighted by Crippen LogP contribution is 2.66. The average Bonchev–Trinajstić information content (AvgIpc) is 3.97. The van der Waals surface area contributed by atoms with E-state index >= 15 is 4.32 Å². The first kappa shape index (κ1) is 39.0. The molecule has 4 aromatic rings. The zero-order chi connectivity index (χ0) is 41.2. The summed E-state index contributed by atoms with van der Waals surface area (Å²) in [6.07, 6.45) is 1.50. The number of aliphatic hydroxyl groups is 1. The van der Waals surface area contributed by atoms with Crippen molar-refractivity contribution in [1.82, 2.24) is 9.79 Å². The molecule has 9 rings (SSSR count). The third-order valence-electron chi connectivity index (χ3n) is 11.9. The molecule has 2 fully saturated rings. The molecule has 2 amide bonds. The summed E-state index contributed by atoms with van der Waals surface area (Å²) in [5.41, 5.74) is 5.92. The molecule has 4 aliphatic heterocycles. The van der Waals surface area contributed by atoms with Crippen LogP contribution in [0.3, 0.4) is 0 Å². The number of ketones is 1. The predicted molar refractivity (Wildman–Crippen MR) is 223 cm³/mol. The third kappa shape index (κ3) is 5.58. The first-order chi connectivity index (χ1) is 27.5. The molecule has 11 nitrogen and oxygen atoms in total. The topological polar surface area (TPSA) is 139 Å². The molecule has 296 valence electrons. The van der Waals surface area contributed by atoms with Gasteiger partial charge in [-0.3, -0.25) is 23.7 Å².